The van der Waals surface area contributed by atoms with Gasteiger partial charge in [-0.05, 0) is 55.7 Å². The molecule has 1 amide bonds. The van der Waals surface area contributed by atoms with Gasteiger partial charge in [0, 0.05) is 13.1 Å². The van der Waals surface area contributed by atoms with E-state index in [2.05, 4.69) is 4.98 Å². The van der Waals surface area contributed by atoms with Crippen molar-refractivity contribution in [3.05, 3.63) is 54.2 Å². The molecule has 0 spiro atoms. The zero-order valence-electron chi connectivity index (χ0n) is 14.1. The molecule has 5 heteroatoms. The maximum atomic E-state index is 12.7. The third kappa shape index (κ3) is 3.36. The van der Waals surface area contributed by atoms with Gasteiger partial charge in [-0.25, -0.2) is 4.98 Å². The summed E-state index contributed by atoms with van der Waals surface area (Å²) in [6.45, 7) is 2.05. The number of nitrogens with zero attached hydrogens (tertiary/aromatic N) is 3. The lowest BCUT2D eigenvalue weighted by molar-refractivity contribution is -0.132. The second-order valence-electron chi connectivity index (χ2n) is 6.34. The minimum Gasteiger partial charge on any atom is -0.465 e. The molecule has 1 aliphatic heterocycles. The molecule has 0 bridgehead atoms. The van der Waals surface area contributed by atoms with Gasteiger partial charge in [-0.2, -0.15) is 0 Å². The zero-order chi connectivity index (χ0) is 17.1. The molecule has 4 rings (SSSR count). The van der Waals surface area contributed by atoms with Crippen molar-refractivity contribution in [1.29, 1.82) is 0 Å². The van der Waals surface area contributed by atoms with Crippen molar-refractivity contribution in [3.8, 4) is 0 Å². The molecule has 3 heterocycles. The Balaban J connectivity index is 1.65. The number of para-hydroxylation sites is 2. The summed E-state index contributed by atoms with van der Waals surface area (Å²) in [5.74, 6) is 1.69. The maximum absolute atomic E-state index is 12.7. The average molecular weight is 335 g/mol. The monoisotopic (exact) mass is 335 g/mol. The number of carbonyl (C=O) groups is 1. The van der Waals surface area contributed by atoms with E-state index in [9.17, 15) is 4.79 Å². The predicted molar refractivity (Wildman–Crippen MR) is 97.8 cm³/mol. The summed E-state index contributed by atoms with van der Waals surface area (Å²) in [6.07, 6.45) is 8.84. The van der Waals surface area contributed by atoms with Gasteiger partial charge in [0.2, 0.25) is 5.91 Å². The van der Waals surface area contributed by atoms with Crippen LogP contribution in [0.3, 0.4) is 0 Å². The quantitative estimate of drug-likeness (QED) is 0.728. The molecule has 3 aromatic rings. The maximum Gasteiger partial charge on any atom is 0.242 e. The number of amides is 1. The van der Waals surface area contributed by atoms with Crippen LogP contribution in [0, 0.1) is 0 Å². The molecule has 1 fully saturated rings. The molecule has 1 aromatic carbocycles. The summed E-state index contributed by atoms with van der Waals surface area (Å²) < 4.78 is 7.34. The van der Waals surface area contributed by atoms with Crippen molar-refractivity contribution in [2.24, 2.45) is 0 Å². The van der Waals surface area contributed by atoms with Gasteiger partial charge in [-0.15, -0.1) is 0 Å². The largest absolute Gasteiger partial charge is 0.465 e. The summed E-state index contributed by atoms with van der Waals surface area (Å²) in [5, 5.41) is 0. The van der Waals surface area contributed by atoms with Crippen molar-refractivity contribution in [2.75, 3.05) is 13.1 Å². The van der Waals surface area contributed by atoms with Crippen molar-refractivity contribution in [1.82, 2.24) is 14.5 Å². The molecule has 0 radical (unpaired) electrons. The van der Waals surface area contributed by atoms with Gasteiger partial charge in [0.15, 0.2) is 0 Å². The highest BCUT2D eigenvalue weighted by atomic mass is 16.3. The van der Waals surface area contributed by atoms with E-state index in [0.717, 1.165) is 48.5 Å². The highest BCUT2D eigenvalue weighted by Crippen LogP contribution is 2.19. The van der Waals surface area contributed by atoms with Crippen LogP contribution in [-0.2, 0) is 11.3 Å². The van der Waals surface area contributed by atoms with Crippen molar-refractivity contribution in [2.45, 2.75) is 25.8 Å². The fourth-order valence-corrected chi connectivity index (χ4v) is 3.31. The molecule has 0 aliphatic carbocycles. The van der Waals surface area contributed by atoms with Crippen LogP contribution in [0.2, 0.25) is 0 Å². The van der Waals surface area contributed by atoms with Gasteiger partial charge in [-0.3, -0.25) is 4.79 Å². The van der Waals surface area contributed by atoms with E-state index in [1.807, 2.05) is 58.0 Å². The lowest BCUT2D eigenvalue weighted by Gasteiger charge is -2.27. The molecule has 0 unspecified atom stereocenters. The van der Waals surface area contributed by atoms with Crippen LogP contribution < -0.4 is 0 Å². The first kappa shape index (κ1) is 15.7. The first-order valence-electron chi connectivity index (χ1n) is 8.76. The number of aromatic nitrogens is 2. The van der Waals surface area contributed by atoms with Gasteiger partial charge < -0.3 is 13.9 Å². The van der Waals surface area contributed by atoms with Gasteiger partial charge in [0.25, 0.3) is 0 Å². The van der Waals surface area contributed by atoms with Crippen LogP contribution >= 0.6 is 0 Å². The minimum absolute atomic E-state index is 0.163. The Hall–Kier alpha value is -2.82. The molecule has 0 saturated carbocycles. The molecule has 1 aliphatic rings. The van der Waals surface area contributed by atoms with Gasteiger partial charge in [0.05, 0.1) is 17.3 Å². The van der Waals surface area contributed by atoms with E-state index < -0.39 is 0 Å². The number of hydrogen-bond acceptors (Lipinski definition) is 3. The second kappa shape index (κ2) is 6.97. The Kier molecular flexibility index (Phi) is 4.37. The molecule has 5 nitrogen and oxygen atoms in total. The lowest BCUT2D eigenvalue weighted by atomic mass is 10.1. The minimum atomic E-state index is 0.163. The number of rotatable bonds is 4. The van der Waals surface area contributed by atoms with E-state index >= 15 is 0 Å². The first-order chi connectivity index (χ1) is 12.3. The fourth-order valence-electron chi connectivity index (χ4n) is 3.31. The van der Waals surface area contributed by atoms with Crippen LogP contribution in [0.4, 0.5) is 0 Å². The SMILES string of the molecule is O=C(Cn1c(/C=C/c2ccco2)nc2ccccc21)N1CCCCC1. The third-order valence-corrected chi connectivity index (χ3v) is 4.63. The number of imidazole rings is 1. The number of fused-ring (bicyclic) bond motifs is 1. The van der Waals surface area contributed by atoms with E-state index in [1.165, 1.54) is 6.42 Å². The third-order valence-electron chi connectivity index (χ3n) is 4.63. The van der Waals surface area contributed by atoms with Gasteiger partial charge in [0.1, 0.15) is 18.1 Å². The Bertz CT molecular complexity index is 887. The van der Waals surface area contributed by atoms with Gasteiger partial charge in [-0.1, -0.05) is 12.1 Å². The number of likely N-dealkylation sites (tertiary alicyclic amines) is 1. The van der Waals surface area contributed by atoms with Crippen molar-refractivity contribution < 1.29 is 9.21 Å². The number of piperidine rings is 1. The molecular weight excluding hydrogens is 314 g/mol. The summed E-state index contributed by atoms with van der Waals surface area (Å²) in [7, 11) is 0. The number of benzene rings is 1. The summed E-state index contributed by atoms with van der Waals surface area (Å²) in [6, 6.07) is 11.7. The fraction of sp³-hybridized carbons (Fsp3) is 0.300. The molecule has 1 saturated heterocycles. The van der Waals surface area contributed by atoms with E-state index in [-0.39, 0.29) is 5.91 Å². The van der Waals surface area contributed by atoms with Crippen LogP contribution in [0.15, 0.2) is 47.1 Å². The molecule has 0 N–H and O–H groups in total. The number of furan rings is 1. The summed E-state index contributed by atoms with van der Waals surface area (Å²) in [5.41, 5.74) is 1.87. The Labute approximate surface area is 146 Å². The molecule has 2 aromatic heterocycles. The zero-order valence-corrected chi connectivity index (χ0v) is 14.1. The molecule has 128 valence electrons. The van der Waals surface area contributed by atoms with Crippen LogP contribution in [0.1, 0.15) is 30.8 Å². The highest BCUT2D eigenvalue weighted by molar-refractivity contribution is 5.83. The van der Waals surface area contributed by atoms with Gasteiger partial charge >= 0.3 is 0 Å². The van der Waals surface area contributed by atoms with E-state index in [0.29, 0.717) is 6.54 Å². The molecular formula is C20H21N3O2. The Morgan fingerprint density at radius 3 is 2.72 bits per heavy atom. The predicted octanol–water partition coefficient (Wildman–Crippen LogP) is 3.81. The second-order valence-corrected chi connectivity index (χ2v) is 6.34. The number of carbonyl (C=O) groups excluding carboxylic acids is 1. The standard InChI is InChI=1S/C20H21N3O2/c24-20(22-12-4-1-5-13-22)15-23-18-9-3-2-8-17(18)21-19(23)11-10-16-7-6-14-25-16/h2-3,6-11,14H,1,4-5,12-13,15H2/b11-10+. The van der Waals surface area contributed by atoms with Crippen LogP contribution in [0.25, 0.3) is 23.2 Å². The first-order valence-corrected chi connectivity index (χ1v) is 8.76. The Morgan fingerprint density at radius 1 is 1.08 bits per heavy atom. The van der Waals surface area contributed by atoms with E-state index in [4.69, 9.17) is 4.42 Å². The smallest absolute Gasteiger partial charge is 0.242 e. The van der Waals surface area contributed by atoms with Crippen LogP contribution in [-0.4, -0.2) is 33.4 Å². The normalized spacial score (nSPS) is 15.3. The van der Waals surface area contributed by atoms with Crippen molar-refractivity contribution in [3.63, 3.8) is 0 Å². The van der Waals surface area contributed by atoms with E-state index in [1.54, 1.807) is 6.26 Å². The topological polar surface area (TPSA) is 51.3 Å². The Morgan fingerprint density at radius 2 is 1.92 bits per heavy atom. The average Bonchev–Trinajstić information content (AvgIpc) is 3.29. The summed E-state index contributed by atoms with van der Waals surface area (Å²) in [4.78, 5) is 19.4. The number of hydrogen-bond donors (Lipinski definition) is 0. The van der Waals surface area contributed by atoms with Crippen molar-refractivity contribution >= 4 is 29.1 Å². The lowest BCUT2D eigenvalue weighted by Crippen LogP contribution is -2.37. The molecule has 0 atom stereocenters. The summed E-state index contributed by atoms with van der Waals surface area (Å²) >= 11 is 0. The van der Waals surface area contributed by atoms with Crippen LogP contribution in [0.5, 0.6) is 0 Å². The molecule has 25 heavy (non-hydrogen) atoms. The highest BCUT2D eigenvalue weighted by Gasteiger charge is 2.19.